The highest BCUT2D eigenvalue weighted by Gasteiger charge is 2.28. The molecule has 0 bridgehead atoms. The van der Waals surface area contributed by atoms with Crippen LogP contribution in [-0.4, -0.2) is 33.8 Å². The molecule has 0 aliphatic heterocycles. The molecule has 1 saturated carbocycles. The molecule has 112 valence electrons. The number of aromatic nitrogens is 2. The number of rotatable bonds is 6. The lowest BCUT2D eigenvalue weighted by atomic mass is 9.85. The predicted molar refractivity (Wildman–Crippen MR) is 78.9 cm³/mol. The number of anilines is 1. The minimum absolute atomic E-state index is 0.455. The Morgan fingerprint density at radius 2 is 2.05 bits per heavy atom. The third kappa shape index (κ3) is 4.63. The molecule has 0 atom stereocenters. The molecule has 0 saturated heterocycles. The van der Waals surface area contributed by atoms with Crippen molar-refractivity contribution in [3.63, 3.8) is 0 Å². The second kappa shape index (κ2) is 6.88. The van der Waals surface area contributed by atoms with Gasteiger partial charge in [-0.25, -0.2) is 0 Å². The fourth-order valence-corrected chi connectivity index (χ4v) is 2.40. The van der Waals surface area contributed by atoms with E-state index in [1.165, 1.54) is 6.42 Å². The van der Waals surface area contributed by atoms with E-state index in [9.17, 15) is 5.11 Å². The van der Waals surface area contributed by atoms with E-state index < -0.39 is 5.60 Å². The van der Waals surface area contributed by atoms with Crippen molar-refractivity contribution in [1.29, 1.82) is 0 Å². The van der Waals surface area contributed by atoms with Gasteiger partial charge in [0.1, 0.15) is 5.82 Å². The number of hydrogen-bond donors (Lipinski definition) is 2. The quantitative estimate of drug-likeness (QED) is 0.838. The molecule has 1 aliphatic carbocycles. The first-order valence-electron chi connectivity index (χ1n) is 7.48. The topological polar surface area (TPSA) is 67.3 Å². The number of aliphatic hydroxyl groups is 1. The van der Waals surface area contributed by atoms with Crippen LogP contribution < -0.4 is 10.1 Å². The van der Waals surface area contributed by atoms with Crippen molar-refractivity contribution >= 4 is 5.82 Å². The molecule has 1 heterocycles. The van der Waals surface area contributed by atoms with E-state index >= 15 is 0 Å². The number of nitrogens with zero attached hydrogens (tertiary/aromatic N) is 2. The van der Waals surface area contributed by atoms with E-state index in [4.69, 9.17) is 4.74 Å². The lowest BCUT2D eigenvalue weighted by molar-refractivity contribution is 0.0166. The van der Waals surface area contributed by atoms with Gasteiger partial charge in [0.05, 0.1) is 24.6 Å². The molecule has 0 radical (unpaired) electrons. The van der Waals surface area contributed by atoms with E-state index in [0.29, 0.717) is 30.8 Å². The highest BCUT2D eigenvalue weighted by molar-refractivity contribution is 5.33. The number of nitrogens with one attached hydrogen (secondary N) is 1. The Morgan fingerprint density at radius 1 is 1.30 bits per heavy atom. The molecule has 20 heavy (non-hydrogen) atoms. The van der Waals surface area contributed by atoms with E-state index in [2.05, 4.69) is 29.1 Å². The van der Waals surface area contributed by atoms with Crippen LogP contribution in [0.4, 0.5) is 5.82 Å². The van der Waals surface area contributed by atoms with Crippen LogP contribution in [0.1, 0.15) is 46.0 Å². The Hall–Kier alpha value is -1.36. The zero-order valence-electron chi connectivity index (χ0n) is 12.4. The van der Waals surface area contributed by atoms with Gasteiger partial charge in [-0.1, -0.05) is 33.1 Å². The third-order valence-corrected chi connectivity index (χ3v) is 3.56. The molecular formula is C15H25N3O2. The largest absolute Gasteiger partial charge is 0.476 e. The van der Waals surface area contributed by atoms with Crippen LogP contribution >= 0.6 is 0 Å². The molecule has 1 fully saturated rings. The lowest BCUT2D eigenvalue weighted by Crippen LogP contribution is -2.38. The molecule has 0 aromatic carbocycles. The summed E-state index contributed by atoms with van der Waals surface area (Å²) in [5.74, 6) is 1.64. The van der Waals surface area contributed by atoms with E-state index in [1.807, 2.05) is 0 Å². The summed E-state index contributed by atoms with van der Waals surface area (Å²) >= 11 is 0. The summed E-state index contributed by atoms with van der Waals surface area (Å²) in [4.78, 5) is 8.47. The molecule has 1 aliphatic rings. The average molecular weight is 279 g/mol. The first-order valence-corrected chi connectivity index (χ1v) is 7.48. The predicted octanol–water partition coefficient (Wildman–Crippen LogP) is 2.62. The van der Waals surface area contributed by atoms with Gasteiger partial charge in [-0.2, -0.15) is 4.98 Å². The first-order chi connectivity index (χ1) is 9.57. The summed E-state index contributed by atoms with van der Waals surface area (Å²) in [6.07, 6.45) is 8.41. The van der Waals surface area contributed by atoms with Crippen LogP contribution in [0.3, 0.4) is 0 Å². The molecule has 0 amide bonds. The summed E-state index contributed by atoms with van der Waals surface area (Å²) in [5.41, 5.74) is -0.602. The highest BCUT2D eigenvalue weighted by Crippen LogP contribution is 2.28. The average Bonchev–Trinajstić information content (AvgIpc) is 2.44. The van der Waals surface area contributed by atoms with Gasteiger partial charge in [-0.15, -0.1) is 0 Å². The Bertz CT molecular complexity index is 417. The molecule has 1 aromatic rings. The summed E-state index contributed by atoms with van der Waals surface area (Å²) in [6, 6.07) is 0. The van der Waals surface area contributed by atoms with Gasteiger partial charge >= 0.3 is 0 Å². The maximum atomic E-state index is 10.4. The summed E-state index contributed by atoms with van der Waals surface area (Å²) < 4.78 is 5.55. The van der Waals surface area contributed by atoms with E-state index in [1.54, 1.807) is 12.4 Å². The minimum Gasteiger partial charge on any atom is -0.476 e. The van der Waals surface area contributed by atoms with Crippen LogP contribution in [0.25, 0.3) is 0 Å². The van der Waals surface area contributed by atoms with E-state index in [0.717, 1.165) is 25.7 Å². The molecular weight excluding hydrogens is 254 g/mol. The fourth-order valence-electron chi connectivity index (χ4n) is 2.40. The highest BCUT2D eigenvalue weighted by atomic mass is 16.5. The van der Waals surface area contributed by atoms with Crippen molar-refractivity contribution in [3.05, 3.63) is 12.4 Å². The zero-order valence-corrected chi connectivity index (χ0v) is 12.4. The maximum Gasteiger partial charge on any atom is 0.234 e. The van der Waals surface area contributed by atoms with Gasteiger partial charge < -0.3 is 15.2 Å². The van der Waals surface area contributed by atoms with Gasteiger partial charge in [0, 0.05) is 6.54 Å². The Kier molecular flexibility index (Phi) is 5.17. The smallest absolute Gasteiger partial charge is 0.234 e. The van der Waals surface area contributed by atoms with Crippen molar-refractivity contribution in [2.45, 2.75) is 51.6 Å². The van der Waals surface area contributed by atoms with Crippen LogP contribution in [-0.2, 0) is 0 Å². The second-order valence-electron chi connectivity index (χ2n) is 6.09. The van der Waals surface area contributed by atoms with Crippen LogP contribution in [0, 0.1) is 5.92 Å². The Balaban J connectivity index is 1.87. The second-order valence-corrected chi connectivity index (χ2v) is 6.09. The van der Waals surface area contributed by atoms with E-state index in [-0.39, 0.29) is 0 Å². The van der Waals surface area contributed by atoms with Crippen molar-refractivity contribution in [2.24, 2.45) is 5.92 Å². The molecule has 2 N–H and O–H groups in total. The number of hydrogen-bond acceptors (Lipinski definition) is 5. The zero-order chi connectivity index (χ0) is 14.4. The summed E-state index contributed by atoms with van der Waals surface area (Å²) in [7, 11) is 0. The van der Waals surface area contributed by atoms with Gasteiger partial charge in [0.2, 0.25) is 5.88 Å². The Labute approximate surface area is 120 Å². The maximum absolute atomic E-state index is 10.4. The molecule has 5 heteroatoms. The van der Waals surface area contributed by atoms with Crippen molar-refractivity contribution in [2.75, 3.05) is 18.5 Å². The van der Waals surface area contributed by atoms with Crippen molar-refractivity contribution in [3.8, 4) is 5.88 Å². The molecule has 0 unspecified atom stereocenters. The van der Waals surface area contributed by atoms with Crippen molar-refractivity contribution < 1.29 is 9.84 Å². The van der Waals surface area contributed by atoms with Crippen molar-refractivity contribution in [1.82, 2.24) is 9.97 Å². The fraction of sp³-hybridized carbons (Fsp3) is 0.733. The summed E-state index contributed by atoms with van der Waals surface area (Å²) in [6.45, 7) is 5.33. The van der Waals surface area contributed by atoms with Crippen LogP contribution in [0.5, 0.6) is 5.88 Å². The van der Waals surface area contributed by atoms with Gasteiger partial charge in [0.25, 0.3) is 0 Å². The summed E-state index contributed by atoms with van der Waals surface area (Å²) in [5, 5.41) is 13.6. The SMILES string of the molecule is CC(C)COc1cncc(NCC2(O)CCCCC2)n1. The first kappa shape index (κ1) is 15.0. The number of ether oxygens (including phenoxy) is 1. The van der Waals surface area contributed by atoms with Crippen LogP contribution in [0.15, 0.2) is 12.4 Å². The third-order valence-electron chi connectivity index (χ3n) is 3.56. The van der Waals surface area contributed by atoms with Gasteiger partial charge in [-0.3, -0.25) is 4.98 Å². The normalized spacial score (nSPS) is 18.0. The molecule has 2 rings (SSSR count). The standard InChI is InChI=1S/C15H25N3O2/c1-12(2)10-20-14-9-16-8-13(18-14)17-11-15(19)6-4-3-5-7-15/h8-9,12,19H,3-7,10-11H2,1-2H3,(H,17,18). The minimum atomic E-state index is -0.602. The van der Waals surface area contributed by atoms with Crippen LogP contribution in [0.2, 0.25) is 0 Å². The lowest BCUT2D eigenvalue weighted by Gasteiger charge is -2.32. The monoisotopic (exact) mass is 279 g/mol. The molecule has 5 nitrogen and oxygen atoms in total. The molecule has 0 spiro atoms. The molecule has 1 aromatic heterocycles. The van der Waals surface area contributed by atoms with Gasteiger partial charge in [0.15, 0.2) is 0 Å². The Morgan fingerprint density at radius 3 is 2.75 bits per heavy atom. The van der Waals surface area contributed by atoms with Gasteiger partial charge in [-0.05, 0) is 18.8 Å².